The summed E-state index contributed by atoms with van der Waals surface area (Å²) in [5.41, 5.74) is 1.95. The van der Waals surface area contributed by atoms with Crippen LogP contribution in [0.5, 0.6) is 0 Å². The number of nitrogens with zero attached hydrogens (tertiary/aromatic N) is 3. The lowest BCUT2D eigenvalue weighted by atomic mass is 9.92. The van der Waals surface area contributed by atoms with Crippen molar-refractivity contribution in [2.45, 2.75) is 32.2 Å². The number of hydrogen-bond donors (Lipinski definition) is 1. The fourth-order valence-corrected chi connectivity index (χ4v) is 4.15. The average molecular weight is 371 g/mol. The van der Waals surface area contributed by atoms with E-state index in [0.717, 1.165) is 35.2 Å². The number of rotatable bonds is 5. The predicted octanol–water partition coefficient (Wildman–Crippen LogP) is 4.00. The van der Waals surface area contributed by atoms with E-state index >= 15 is 0 Å². The summed E-state index contributed by atoms with van der Waals surface area (Å²) < 4.78 is 0. The van der Waals surface area contributed by atoms with Crippen LogP contribution in [0.15, 0.2) is 41.7 Å². The minimum atomic E-state index is -0.0269. The van der Waals surface area contributed by atoms with E-state index < -0.39 is 0 Å². The first-order valence-corrected chi connectivity index (χ1v) is 10.0. The second-order valence-corrected chi connectivity index (χ2v) is 8.27. The largest absolute Gasteiger partial charge is 0.356 e. The maximum atomic E-state index is 12.2. The third kappa shape index (κ3) is 5.21. The summed E-state index contributed by atoms with van der Waals surface area (Å²) in [5.74, 6) is 2.60. The third-order valence-electron chi connectivity index (χ3n) is 4.47. The Bertz CT molecular complexity index is 757. The van der Waals surface area contributed by atoms with Gasteiger partial charge in [-0.1, -0.05) is 37.7 Å². The first-order valence-electron chi connectivity index (χ1n) is 9.06. The highest BCUT2D eigenvalue weighted by Crippen LogP contribution is 2.27. The van der Waals surface area contributed by atoms with Crippen molar-refractivity contribution >= 4 is 29.2 Å². The molecular formula is C20H26N4OS. The van der Waals surface area contributed by atoms with Gasteiger partial charge in [-0.05, 0) is 42.9 Å². The van der Waals surface area contributed by atoms with Crippen molar-refractivity contribution in [2.24, 2.45) is 11.8 Å². The molecule has 6 heteroatoms. The van der Waals surface area contributed by atoms with Crippen molar-refractivity contribution in [1.29, 1.82) is 0 Å². The Balaban J connectivity index is 1.57. The Kier molecular flexibility index (Phi) is 6.14. The highest BCUT2D eigenvalue weighted by atomic mass is 32.2. The molecule has 3 rings (SSSR count). The highest BCUT2D eigenvalue weighted by Gasteiger charge is 2.23. The SMILES string of the molecule is Cc1cccc(NC(=O)CSc2cc(N3C[C@@H](C)C[C@H](C)C3)ncn2)c1. The van der Waals surface area contributed by atoms with Crippen LogP contribution in [-0.4, -0.2) is 34.7 Å². The molecule has 1 fully saturated rings. The van der Waals surface area contributed by atoms with Crippen LogP contribution in [0.4, 0.5) is 11.5 Å². The van der Waals surface area contributed by atoms with Crippen LogP contribution in [0, 0.1) is 18.8 Å². The second kappa shape index (κ2) is 8.54. The maximum absolute atomic E-state index is 12.2. The first-order chi connectivity index (χ1) is 12.5. The van der Waals surface area contributed by atoms with Crippen molar-refractivity contribution in [3.8, 4) is 0 Å². The molecule has 0 radical (unpaired) electrons. The summed E-state index contributed by atoms with van der Waals surface area (Å²) in [7, 11) is 0. The van der Waals surface area contributed by atoms with Crippen molar-refractivity contribution in [2.75, 3.05) is 29.1 Å². The smallest absolute Gasteiger partial charge is 0.234 e. The number of anilines is 2. The molecule has 0 saturated carbocycles. The fraction of sp³-hybridized carbons (Fsp3) is 0.450. The summed E-state index contributed by atoms with van der Waals surface area (Å²) in [5, 5.41) is 3.76. The first kappa shape index (κ1) is 18.7. The average Bonchev–Trinajstić information content (AvgIpc) is 2.59. The number of aryl methyl sites for hydroxylation is 1. The van der Waals surface area contributed by atoms with Crippen LogP contribution in [0.25, 0.3) is 0 Å². The number of hydrogen-bond acceptors (Lipinski definition) is 5. The molecule has 1 aliphatic rings. The molecule has 138 valence electrons. The number of benzene rings is 1. The molecular weight excluding hydrogens is 344 g/mol. The number of amides is 1. The van der Waals surface area contributed by atoms with Gasteiger partial charge in [-0.15, -0.1) is 0 Å². The van der Waals surface area contributed by atoms with Crippen LogP contribution in [0.3, 0.4) is 0 Å². The molecule has 1 aromatic heterocycles. The molecule has 5 nitrogen and oxygen atoms in total. The van der Waals surface area contributed by atoms with Gasteiger partial charge in [0.1, 0.15) is 17.2 Å². The lowest BCUT2D eigenvalue weighted by Gasteiger charge is -2.35. The predicted molar refractivity (Wildman–Crippen MR) is 108 cm³/mol. The van der Waals surface area contributed by atoms with E-state index in [4.69, 9.17) is 0 Å². The van der Waals surface area contributed by atoms with Crippen molar-refractivity contribution < 1.29 is 4.79 Å². The number of thioether (sulfide) groups is 1. The Labute approximate surface area is 159 Å². The standard InChI is InChI=1S/C20H26N4OS/c1-14-5-4-6-17(8-14)23-19(25)12-26-20-9-18(21-13-22-20)24-10-15(2)7-16(3)11-24/h4-6,8-9,13,15-16H,7,10-12H2,1-3H3,(H,23,25)/t15-,16-/m0/s1. The van der Waals surface area contributed by atoms with Gasteiger partial charge >= 0.3 is 0 Å². The van der Waals surface area contributed by atoms with E-state index in [1.807, 2.05) is 37.3 Å². The van der Waals surface area contributed by atoms with E-state index in [9.17, 15) is 4.79 Å². The molecule has 1 aliphatic heterocycles. The molecule has 0 bridgehead atoms. The van der Waals surface area contributed by atoms with Crippen molar-refractivity contribution in [3.05, 3.63) is 42.2 Å². The highest BCUT2D eigenvalue weighted by molar-refractivity contribution is 7.99. The van der Waals surface area contributed by atoms with Gasteiger partial charge in [-0.3, -0.25) is 4.79 Å². The molecule has 2 atom stereocenters. The zero-order valence-electron chi connectivity index (χ0n) is 15.6. The number of aromatic nitrogens is 2. The lowest BCUT2D eigenvalue weighted by Crippen LogP contribution is -2.39. The lowest BCUT2D eigenvalue weighted by molar-refractivity contribution is -0.113. The van der Waals surface area contributed by atoms with E-state index in [0.29, 0.717) is 17.6 Å². The van der Waals surface area contributed by atoms with Gasteiger partial charge in [0, 0.05) is 24.8 Å². The van der Waals surface area contributed by atoms with Gasteiger partial charge < -0.3 is 10.2 Å². The Morgan fingerprint density at radius 1 is 1.23 bits per heavy atom. The molecule has 0 spiro atoms. The van der Waals surface area contributed by atoms with E-state index in [2.05, 4.69) is 34.0 Å². The van der Waals surface area contributed by atoms with Gasteiger partial charge in [0.25, 0.3) is 0 Å². The number of carbonyl (C=O) groups excluding carboxylic acids is 1. The van der Waals surface area contributed by atoms with E-state index in [1.165, 1.54) is 18.2 Å². The van der Waals surface area contributed by atoms with Gasteiger partial charge in [-0.2, -0.15) is 0 Å². The van der Waals surface area contributed by atoms with Crippen molar-refractivity contribution in [1.82, 2.24) is 9.97 Å². The Morgan fingerprint density at radius 3 is 2.73 bits per heavy atom. The van der Waals surface area contributed by atoms with Crippen LogP contribution in [0.1, 0.15) is 25.8 Å². The van der Waals surface area contributed by atoms with Crippen LogP contribution in [0.2, 0.25) is 0 Å². The van der Waals surface area contributed by atoms with Crippen molar-refractivity contribution in [3.63, 3.8) is 0 Å². The summed E-state index contributed by atoms with van der Waals surface area (Å²) in [6.45, 7) is 8.64. The quantitative estimate of drug-likeness (QED) is 0.637. The van der Waals surface area contributed by atoms with Crippen LogP contribution in [-0.2, 0) is 4.79 Å². The molecule has 0 aliphatic carbocycles. The molecule has 2 aromatic rings. The van der Waals surface area contributed by atoms with Crippen LogP contribution < -0.4 is 10.2 Å². The van der Waals surface area contributed by atoms with Crippen LogP contribution >= 0.6 is 11.8 Å². The zero-order valence-corrected chi connectivity index (χ0v) is 16.4. The molecule has 26 heavy (non-hydrogen) atoms. The van der Waals surface area contributed by atoms with E-state index in [1.54, 1.807) is 6.33 Å². The van der Waals surface area contributed by atoms with Gasteiger partial charge in [0.15, 0.2) is 0 Å². The minimum Gasteiger partial charge on any atom is -0.356 e. The number of piperidine rings is 1. The zero-order chi connectivity index (χ0) is 18.5. The molecule has 1 aromatic carbocycles. The van der Waals surface area contributed by atoms with E-state index in [-0.39, 0.29) is 5.91 Å². The van der Waals surface area contributed by atoms with Gasteiger partial charge in [0.2, 0.25) is 5.91 Å². The Morgan fingerprint density at radius 2 is 2.00 bits per heavy atom. The molecule has 1 amide bonds. The van der Waals surface area contributed by atoms with Gasteiger partial charge in [0.05, 0.1) is 5.75 Å². The second-order valence-electron chi connectivity index (χ2n) is 7.27. The summed E-state index contributed by atoms with van der Waals surface area (Å²) >= 11 is 1.44. The minimum absolute atomic E-state index is 0.0269. The maximum Gasteiger partial charge on any atom is 0.234 e. The number of nitrogens with one attached hydrogen (secondary N) is 1. The Hall–Kier alpha value is -2.08. The fourth-order valence-electron chi connectivity index (χ4n) is 3.49. The number of carbonyl (C=O) groups is 1. The summed E-state index contributed by atoms with van der Waals surface area (Å²) in [6.07, 6.45) is 2.86. The van der Waals surface area contributed by atoms with Gasteiger partial charge in [-0.25, -0.2) is 9.97 Å². The molecule has 0 unspecified atom stereocenters. The summed E-state index contributed by atoms with van der Waals surface area (Å²) in [6, 6.07) is 9.81. The topological polar surface area (TPSA) is 58.1 Å². The third-order valence-corrected chi connectivity index (χ3v) is 5.40. The summed E-state index contributed by atoms with van der Waals surface area (Å²) in [4.78, 5) is 23.3. The monoisotopic (exact) mass is 370 g/mol. The molecule has 1 saturated heterocycles. The normalized spacial score (nSPS) is 20.0. The molecule has 1 N–H and O–H groups in total. The molecule has 2 heterocycles.